The van der Waals surface area contributed by atoms with Crippen LogP contribution in [0.2, 0.25) is 0 Å². The average Bonchev–Trinajstić information content (AvgIpc) is 2.72. The summed E-state index contributed by atoms with van der Waals surface area (Å²) < 4.78 is 11.5. The van der Waals surface area contributed by atoms with Crippen LogP contribution in [0.25, 0.3) is 0 Å². The van der Waals surface area contributed by atoms with E-state index in [2.05, 4.69) is 26.1 Å². The standard InChI is InChI=1S/C25H35NO3/c1-5-6-7-8-9-18-28-23-16-12-22(13-17-23)26-25(27)20(4)29-24-14-10-21(11-15-24)19(2)3/h10-17,19-20H,5-9,18H2,1-4H3,(H,26,27)/t20-/m1/s1. The minimum absolute atomic E-state index is 0.178. The molecule has 4 nitrogen and oxygen atoms in total. The van der Waals surface area contributed by atoms with Crippen molar-refractivity contribution in [1.82, 2.24) is 0 Å². The second-order valence-electron chi connectivity index (χ2n) is 7.76. The van der Waals surface area contributed by atoms with E-state index in [0.29, 0.717) is 11.7 Å². The van der Waals surface area contributed by atoms with Gasteiger partial charge in [-0.25, -0.2) is 0 Å². The van der Waals surface area contributed by atoms with Crippen molar-refractivity contribution >= 4 is 11.6 Å². The molecule has 0 aliphatic carbocycles. The number of rotatable bonds is 12. The van der Waals surface area contributed by atoms with Crippen molar-refractivity contribution in [3.8, 4) is 11.5 Å². The molecule has 0 radical (unpaired) electrons. The molecule has 0 saturated carbocycles. The van der Waals surface area contributed by atoms with Gasteiger partial charge in [-0.3, -0.25) is 4.79 Å². The Kier molecular flexibility index (Phi) is 9.55. The third-order valence-electron chi connectivity index (χ3n) is 4.87. The summed E-state index contributed by atoms with van der Waals surface area (Å²) in [5.41, 5.74) is 1.98. The SMILES string of the molecule is CCCCCCCOc1ccc(NC(=O)[C@@H](C)Oc2ccc(C(C)C)cc2)cc1. The monoisotopic (exact) mass is 397 g/mol. The zero-order chi connectivity index (χ0) is 21.1. The summed E-state index contributed by atoms with van der Waals surface area (Å²) in [5, 5.41) is 2.89. The van der Waals surface area contributed by atoms with Gasteiger partial charge in [0, 0.05) is 5.69 Å². The first-order valence-corrected chi connectivity index (χ1v) is 10.8. The first-order chi connectivity index (χ1) is 14.0. The van der Waals surface area contributed by atoms with Gasteiger partial charge in [-0.2, -0.15) is 0 Å². The van der Waals surface area contributed by atoms with E-state index in [4.69, 9.17) is 9.47 Å². The number of ether oxygens (including phenoxy) is 2. The number of benzene rings is 2. The van der Waals surface area contributed by atoms with Gasteiger partial charge in [0.15, 0.2) is 6.10 Å². The minimum atomic E-state index is -0.584. The van der Waals surface area contributed by atoms with Crippen LogP contribution >= 0.6 is 0 Å². The lowest BCUT2D eigenvalue weighted by molar-refractivity contribution is -0.122. The molecule has 2 aromatic rings. The largest absolute Gasteiger partial charge is 0.494 e. The summed E-state index contributed by atoms with van der Waals surface area (Å²) in [6.45, 7) is 9.00. The molecule has 29 heavy (non-hydrogen) atoms. The predicted octanol–water partition coefficient (Wildman–Crippen LogP) is 6.57. The lowest BCUT2D eigenvalue weighted by Gasteiger charge is -2.16. The van der Waals surface area contributed by atoms with E-state index in [9.17, 15) is 4.79 Å². The van der Waals surface area contributed by atoms with Gasteiger partial charge in [0.2, 0.25) is 0 Å². The van der Waals surface area contributed by atoms with Crippen molar-refractivity contribution < 1.29 is 14.3 Å². The Hall–Kier alpha value is -2.49. The molecule has 1 atom stereocenters. The molecule has 0 aromatic heterocycles. The maximum absolute atomic E-state index is 12.4. The van der Waals surface area contributed by atoms with E-state index in [1.54, 1.807) is 6.92 Å². The third-order valence-corrected chi connectivity index (χ3v) is 4.87. The number of hydrogen-bond donors (Lipinski definition) is 1. The average molecular weight is 398 g/mol. The highest BCUT2D eigenvalue weighted by atomic mass is 16.5. The van der Waals surface area contributed by atoms with Crippen molar-refractivity contribution in [2.24, 2.45) is 0 Å². The predicted molar refractivity (Wildman–Crippen MR) is 120 cm³/mol. The van der Waals surface area contributed by atoms with Crippen molar-refractivity contribution in [2.45, 2.75) is 71.8 Å². The van der Waals surface area contributed by atoms with Crippen LogP contribution in [0.3, 0.4) is 0 Å². The van der Waals surface area contributed by atoms with E-state index < -0.39 is 6.10 Å². The van der Waals surface area contributed by atoms with Crippen molar-refractivity contribution in [3.05, 3.63) is 54.1 Å². The Morgan fingerprint density at radius 2 is 1.48 bits per heavy atom. The first-order valence-electron chi connectivity index (χ1n) is 10.8. The fourth-order valence-corrected chi connectivity index (χ4v) is 2.96. The molecule has 158 valence electrons. The van der Waals surface area contributed by atoms with E-state index in [-0.39, 0.29) is 5.91 Å². The Morgan fingerprint density at radius 3 is 2.10 bits per heavy atom. The van der Waals surface area contributed by atoms with Gasteiger partial charge in [0.05, 0.1) is 6.61 Å². The Labute approximate surface area is 175 Å². The molecule has 0 saturated heterocycles. The molecule has 2 rings (SSSR count). The van der Waals surface area contributed by atoms with Crippen molar-refractivity contribution in [2.75, 3.05) is 11.9 Å². The minimum Gasteiger partial charge on any atom is -0.494 e. The Morgan fingerprint density at radius 1 is 0.862 bits per heavy atom. The topological polar surface area (TPSA) is 47.6 Å². The summed E-state index contributed by atoms with van der Waals surface area (Å²) in [5.74, 6) is 1.81. The third kappa shape index (κ3) is 8.18. The number of amides is 1. The van der Waals surface area contributed by atoms with E-state index in [1.807, 2.05) is 48.5 Å². The highest BCUT2D eigenvalue weighted by Crippen LogP contribution is 2.20. The molecule has 0 aliphatic heterocycles. The summed E-state index contributed by atoms with van der Waals surface area (Å²) in [7, 11) is 0. The molecule has 0 fully saturated rings. The first kappa shape index (κ1) is 22.8. The highest BCUT2D eigenvalue weighted by molar-refractivity contribution is 5.94. The molecule has 0 heterocycles. The van der Waals surface area contributed by atoms with E-state index in [0.717, 1.165) is 24.5 Å². The van der Waals surface area contributed by atoms with Gasteiger partial charge in [0.1, 0.15) is 11.5 Å². The van der Waals surface area contributed by atoms with Crippen LogP contribution in [0.1, 0.15) is 71.3 Å². The van der Waals surface area contributed by atoms with Gasteiger partial charge in [-0.15, -0.1) is 0 Å². The van der Waals surface area contributed by atoms with E-state index >= 15 is 0 Å². The lowest BCUT2D eigenvalue weighted by atomic mass is 10.0. The molecule has 1 N–H and O–H groups in total. The maximum atomic E-state index is 12.4. The molecule has 2 aromatic carbocycles. The van der Waals surface area contributed by atoms with Gasteiger partial charge in [-0.1, -0.05) is 58.6 Å². The van der Waals surface area contributed by atoms with Crippen LogP contribution in [0.5, 0.6) is 11.5 Å². The molecular formula is C25H35NO3. The zero-order valence-corrected chi connectivity index (χ0v) is 18.2. The Balaban J connectivity index is 1.76. The van der Waals surface area contributed by atoms with E-state index in [1.165, 1.54) is 31.2 Å². The van der Waals surface area contributed by atoms with Crippen LogP contribution in [0.15, 0.2) is 48.5 Å². The lowest BCUT2D eigenvalue weighted by Crippen LogP contribution is -2.30. The smallest absolute Gasteiger partial charge is 0.265 e. The molecular weight excluding hydrogens is 362 g/mol. The molecule has 1 amide bonds. The number of carbonyl (C=O) groups excluding carboxylic acids is 1. The maximum Gasteiger partial charge on any atom is 0.265 e. The zero-order valence-electron chi connectivity index (χ0n) is 18.2. The van der Waals surface area contributed by atoms with Crippen molar-refractivity contribution in [1.29, 1.82) is 0 Å². The van der Waals surface area contributed by atoms with Gasteiger partial charge < -0.3 is 14.8 Å². The molecule has 0 spiro atoms. The van der Waals surface area contributed by atoms with Crippen LogP contribution < -0.4 is 14.8 Å². The normalized spacial score (nSPS) is 11.9. The number of hydrogen-bond acceptors (Lipinski definition) is 3. The van der Waals surface area contributed by atoms with Crippen LogP contribution in [0, 0.1) is 0 Å². The quantitative estimate of drug-likeness (QED) is 0.412. The van der Waals surface area contributed by atoms with Crippen LogP contribution in [-0.2, 0) is 4.79 Å². The molecule has 0 unspecified atom stereocenters. The number of anilines is 1. The number of nitrogens with one attached hydrogen (secondary N) is 1. The Bertz CT molecular complexity index is 723. The summed E-state index contributed by atoms with van der Waals surface area (Å²) >= 11 is 0. The summed E-state index contributed by atoms with van der Waals surface area (Å²) in [6, 6.07) is 15.4. The van der Waals surface area contributed by atoms with Crippen LogP contribution in [-0.4, -0.2) is 18.6 Å². The summed E-state index contributed by atoms with van der Waals surface area (Å²) in [6.07, 6.45) is 5.51. The van der Waals surface area contributed by atoms with Crippen molar-refractivity contribution in [3.63, 3.8) is 0 Å². The van der Waals surface area contributed by atoms with Gasteiger partial charge >= 0.3 is 0 Å². The second kappa shape index (κ2) is 12.2. The molecule has 4 heteroatoms. The fraction of sp³-hybridized carbons (Fsp3) is 0.480. The summed E-state index contributed by atoms with van der Waals surface area (Å²) in [4.78, 5) is 12.4. The fourth-order valence-electron chi connectivity index (χ4n) is 2.96. The van der Waals surface area contributed by atoms with Gasteiger partial charge in [-0.05, 0) is 61.2 Å². The highest BCUT2D eigenvalue weighted by Gasteiger charge is 2.15. The van der Waals surface area contributed by atoms with Crippen LogP contribution in [0.4, 0.5) is 5.69 Å². The number of unbranched alkanes of at least 4 members (excludes halogenated alkanes) is 4. The molecule has 0 bridgehead atoms. The second-order valence-corrected chi connectivity index (χ2v) is 7.76. The van der Waals surface area contributed by atoms with Gasteiger partial charge in [0.25, 0.3) is 5.91 Å². The number of carbonyl (C=O) groups is 1. The molecule has 0 aliphatic rings.